The van der Waals surface area contributed by atoms with Crippen molar-refractivity contribution in [2.24, 2.45) is 5.73 Å². The van der Waals surface area contributed by atoms with Crippen molar-refractivity contribution in [3.05, 3.63) is 29.8 Å². The van der Waals surface area contributed by atoms with Crippen LogP contribution in [-0.2, 0) is 5.54 Å². The van der Waals surface area contributed by atoms with Gasteiger partial charge in [-0.2, -0.15) is 0 Å². The lowest BCUT2D eigenvalue weighted by molar-refractivity contribution is 0.241. The monoisotopic (exact) mass is 221 g/mol. The molecule has 0 unspecified atom stereocenters. The first-order valence-electron chi connectivity index (χ1n) is 6.08. The second-order valence-corrected chi connectivity index (χ2v) is 4.56. The van der Waals surface area contributed by atoms with E-state index in [2.05, 4.69) is 26.0 Å². The van der Waals surface area contributed by atoms with Gasteiger partial charge in [0.25, 0.3) is 0 Å². The smallest absolute Gasteiger partial charge is 0.120 e. The molecule has 0 saturated carbocycles. The molecule has 0 spiro atoms. The highest BCUT2D eigenvalue weighted by Gasteiger charge is 2.23. The maximum absolute atomic E-state index is 6.36. The van der Waals surface area contributed by atoms with Crippen LogP contribution in [0.25, 0.3) is 0 Å². The van der Waals surface area contributed by atoms with Crippen LogP contribution >= 0.6 is 0 Å². The fourth-order valence-electron chi connectivity index (χ4n) is 1.81. The van der Waals surface area contributed by atoms with Crippen molar-refractivity contribution < 1.29 is 4.74 Å². The largest absolute Gasteiger partial charge is 0.491 e. The minimum atomic E-state index is -0.226. The lowest BCUT2D eigenvalue weighted by Gasteiger charge is -2.27. The van der Waals surface area contributed by atoms with Gasteiger partial charge in [0, 0.05) is 5.54 Å². The lowest BCUT2D eigenvalue weighted by Crippen LogP contribution is -2.35. The molecule has 0 saturated heterocycles. The van der Waals surface area contributed by atoms with E-state index in [1.165, 1.54) is 0 Å². The third-order valence-corrected chi connectivity index (χ3v) is 3.04. The fourth-order valence-corrected chi connectivity index (χ4v) is 1.81. The first kappa shape index (κ1) is 13.0. The number of benzene rings is 1. The Kier molecular flexibility index (Phi) is 4.36. The molecule has 0 heterocycles. The summed E-state index contributed by atoms with van der Waals surface area (Å²) in [6.45, 7) is 8.31. The maximum atomic E-state index is 6.36. The van der Waals surface area contributed by atoms with E-state index in [9.17, 15) is 0 Å². The number of rotatable bonds is 5. The van der Waals surface area contributed by atoms with Crippen LogP contribution in [0.4, 0.5) is 0 Å². The summed E-state index contributed by atoms with van der Waals surface area (Å²) in [6.07, 6.45) is 2.08. The molecule has 0 bridgehead atoms. The summed E-state index contributed by atoms with van der Waals surface area (Å²) in [4.78, 5) is 0. The van der Waals surface area contributed by atoms with Gasteiger partial charge in [0.1, 0.15) is 5.75 Å². The lowest BCUT2D eigenvalue weighted by atomic mass is 9.86. The van der Waals surface area contributed by atoms with Crippen molar-refractivity contribution in [2.75, 3.05) is 0 Å². The second-order valence-electron chi connectivity index (χ2n) is 4.56. The van der Waals surface area contributed by atoms with Gasteiger partial charge in [-0.3, -0.25) is 0 Å². The van der Waals surface area contributed by atoms with Crippen LogP contribution in [0.5, 0.6) is 5.75 Å². The van der Waals surface area contributed by atoms with Gasteiger partial charge in [0.2, 0.25) is 0 Å². The Bertz CT molecular complexity index is 329. The minimum Gasteiger partial charge on any atom is -0.491 e. The molecule has 90 valence electrons. The summed E-state index contributed by atoms with van der Waals surface area (Å²) < 4.78 is 5.68. The van der Waals surface area contributed by atoms with E-state index < -0.39 is 0 Å². The number of nitrogens with two attached hydrogens (primary N) is 1. The zero-order chi connectivity index (χ0) is 12.2. The Morgan fingerprint density at radius 3 is 2.38 bits per heavy atom. The molecule has 1 rings (SSSR count). The zero-order valence-corrected chi connectivity index (χ0v) is 10.8. The van der Waals surface area contributed by atoms with E-state index in [1.807, 2.05) is 26.0 Å². The van der Waals surface area contributed by atoms with Crippen LogP contribution in [0, 0.1) is 0 Å². The third kappa shape index (κ3) is 2.99. The van der Waals surface area contributed by atoms with Crippen molar-refractivity contribution >= 4 is 0 Å². The van der Waals surface area contributed by atoms with E-state index in [0.29, 0.717) is 0 Å². The van der Waals surface area contributed by atoms with Crippen molar-refractivity contribution in [1.82, 2.24) is 0 Å². The van der Waals surface area contributed by atoms with Crippen LogP contribution in [0.1, 0.15) is 46.1 Å². The summed E-state index contributed by atoms with van der Waals surface area (Å²) in [5.41, 5.74) is 7.30. The first-order valence-corrected chi connectivity index (χ1v) is 6.08. The minimum absolute atomic E-state index is 0.200. The molecule has 1 aromatic carbocycles. The number of hydrogen-bond acceptors (Lipinski definition) is 2. The molecule has 2 heteroatoms. The number of ether oxygens (including phenoxy) is 1. The van der Waals surface area contributed by atoms with Crippen LogP contribution < -0.4 is 10.5 Å². The Hall–Kier alpha value is -1.02. The quantitative estimate of drug-likeness (QED) is 0.826. The molecule has 0 aliphatic heterocycles. The van der Waals surface area contributed by atoms with Gasteiger partial charge in [-0.25, -0.2) is 0 Å². The summed E-state index contributed by atoms with van der Waals surface area (Å²) >= 11 is 0. The summed E-state index contributed by atoms with van der Waals surface area (Å²) in [7, 11) is 0. The van der Waals surface area contributed by atoms with Crippen LogP contribution in [-0.4, -0.2) is 6.10 Å². The van der Waals surface area contributed by atoms with E-state index in [-0.39, 0.29) is 11.6 Å². The summed E-state index contributed by atoms with van der Waals surface area (Å²) in [5, 5.41) is 0. The van der Waals surface area contributed by atoms with E-state index in [4.69, 9.17) is 10.5 Å². The van der Waals surface area contributed by atoms with Crippen LogP contribution in [0.2, 0.25) is 0 Å². The van der Waals surface area contributed by atoms with E-state index >= 15 is 0 Å². The average molecular weight is 221 g/mol. The van der Waals surface area contributed by atoms with Gasteiger partial charge in [0.15, 0.2) is 0 Å². The molecule has 0 fully saturated rings. The molecular weight excluding hydrogens is 198 g/mol. The van der Waals surface area contributed by atoms with Crippen LogP contribution in [0.3, 0.4) is 0 Å². The Labute approximate surface area is 98.8 Å². The summed E-state index contributed by atoms with van der Waals surface area (Å²) in [6, 6.07) is 8.14. The Balaban J connectivity index is 2.97. The van der Waals surface area contributed by atoms with Crippen molar-refractivity contribution in [3.63, 3.8) is 0 Å². The van der Waals surface area contributed by atoms with Crippen LogP contribution in [0.15, 0.2) is 24.3 Å². The predicted molar refractivity (Wildman–Crippen MR) is 68.7 cm³/mol. The molecule has 16 heavy (non-hydrogen) atoms. The average Bonchev–Trinajstić information content (AvgIpc) is 2.27. The second kappa shape index (κ2) is 5.35. The normalized spacial score (nSPS) is 11.9. The molecule has 2 N–H and O–H groups in total. The Morgan fingerprint density at radius 2 is 1.88 bits per heavy atom. The fraction of sp³-hybridized carbons (Fsp3) is 0.571. The molecule has 0 aliphatic rings. The maximum Gasteiger partial charge on any atom is 0.120 e. The van der Waals surface area contributed by atoms with Gasteiger partial charge in [0.05, 0.1) is 6.10 Å². The predicted octanol–water partition coefficient (Wildman–Crippen LogP) is 3.45. The van der Waals surface area contributed by atoms with E-state index in [1.54, 1.807) is 0 Å². The highest BCUT2D eigenvalue weighted by Crippen LogP contribution is 2.28. The van der Waals surface area contributed by atoms with Gasteiger partial charge >= 0.3 is 0 Å². The molecule has 0 aromatic heterocycles. The summed E-state index contributed by atoms with van der Waals surface area (Å²) in [5.74, 6) is 0.907. The first-order chi connectivity index (χ1) is 7.51. The van der Waals surface area contributed by atoms with Crippen molar-refractivity contribution in [1.29, 1.82) is 0 Å². The molecule has 2 nitrogen and oxygen atoms in total. The van der Waals surface area contributed by atoms with Crippen molar-refractivity contribution in [3.8, 4) is 5.75 Å². The molecule has 0 radical (unpaired) electrons. The van der Waals surface area contributed by atoms with Gasteiger partial charge in [-0.1, -0.05) is 26.0 Å². The number of hydrogen-bond donors (Lipinski definition) is 1. The molecule has 0 amide bonds. The zero-order valence-electron chi connectivity index (χ0n) is 10.8. The highest BCUT2D eigenvalue weighted by atomic mass is 16.5. The molecular formula is C14H23NO. The van der Waals surface area contributed by atoms with Gasteiger partial charge in [-0.05, 0) is 44.4 Å². The van der Waals surface area contributed by atoms with Crippen molar-refractivity contribution in [2.45, 2.75) is 52.2 Å². The standard InChI is InChI=1S/C14H23NO/c1-5-14(15,6-2)12-8-7-9-13(10-12)16-11(3)4/h7-11H,5-6,15H2,1-4H3. The molecule has 0 aliphatic carbocycles. The Morgan fingerprint density at radius 1 is 1.25 bits per heavy atom. The van der Waals surface area contributed by atoms with Gasteiger partial charge < -0.3 is 10.5 Å². The highest BCUT2D eigenvalue weighted by molar-refractivity contribution is 5.33. The van der Waals surface area contributed by atoms with Gasteiger partial charge in [-0.15, -0.1) is 0 Å². The molecule has 0 atom stereocenters. The SMILES string of the molecule is CCC(N)(CC)c1cccc(OC(C)C)c1. The molecule has 1 aromatic rings. The topological polar surface area (TPSA) is 35.2 Å². The van der Waals surface area contributed by atoms with E-state index in [0.717, 1.165) is 24.2 Å². The third-order valence-electron chi connectivity index (χ3n) is 3.04.